The number of benzene rings is 1. The fourth-order valence-corrected chi connectivity index (χ4v) is 4.79. The summed E-state index contributed by atoms with van der Waals surface area (Å²) in [4.78, 5) is 16.1. The highest BCUT2D eigenvalue weighted by molar-refractivity contribution is 9.10. The van der Waals surface area contributed by atoms with Crippen LogP contribution < -0.4 is 5.56 Å². The van der Waals surface area contributed by atoms with Gasteiger partial charge in [-0.25, -0.2) is 5.10 Å². The Kier molecular flexibility index (Phi) is 5.40. The Morgan fingerprint density at radius 3 is 2.72 bits per heavy atom. The van der Waals surface area contributed by atoms with Crippen molar-refractivity contribution in [3.05, 3.63) is 81.3 Å². The molecule has 0 saturated heterocycles. The lowest BCUT2D eigenvalue weighted by atomic mass is 9.97. The van der Waals surface area contributed by atoms with Crippen molar-refractivity contribution in [2.24, 2.45) is 0 Å². The van der Waals surface area contributed by atoms with Crippen molar-refractivity contribution < 1.29 is 4.42 Å². The number of hydrogen-bond acceptors (Lipinski definition) is 6. The number of fused-ring (bicyclic) bond motifs is 1. The number of tetrazole rings is 1. The topological polar surface area (TPSA) is 102 Å². The van der Waals surface area contributed by atoms with Crippen molar-refractivity contribution in [2.45, 2.75) is 26.3 Å². The van der Waals surface area contributed by atoms with E-state index in [0.717, 1.165) is 56.5 Å². The molecular formula is C23H19BrN6O2. The minimum atomic E-state index is -0.222. The third kappa shape index (κ3) is 3.54. The maximum absolute atomic E-state index is 11.9. The molecular weight excluding hydrogens is 472 g/mol. The molecule has 1 aromatic carbocycles. The van der Waals surface area contributed by atoms with Crippen LogP contribution in [0, 0.1) is 0 Å². The molecule has 32 heavy (non-hydrogen) atoms. The molecule has 160 valence electrons. The molecule has 2 aliphatic rings. The van der Waals surface area contributed by atoms with E-state index < -0.39 is 0 Å². The second kappa shape index (κ2) is 8.51. The molecule has 1 aliphatic heterocycles. The number of aryl methyl sites for hydroxylation is 1. The van der Waals surface area contributed by atoms with Crippen molar-refractivity contribution >= 4 is 15.9 Å². The molecule has 9 heteroatoms. The molecule has 0 atom stereocenters. The zero-order valence-electron chi connectivity index (χ0n) is 17.2. The Bertz CT molecular complexity index is 1410. The fraction of sp³-hybridized carbons (Fsp3) is 0.174. The summed E-state index contributed by atoms with van der Waals surface area (Å²) in [6.45, 7) is 2.62. The van der Waals surface area contributed by atoms with Crippen molar-refractivity contribution in [1.29, 1.82) is 0 Å². The van der Waals surface area contributed by atoms with Gasteiger partial charge in [0.25, 0.3) is 5.56 Å². The van der Waals surface area contributed by atoms with Gasteiger partial charge in [0.1, 0.15) is 5.82 Å². The van der Waals surface area contributed by atoms with Gasteiger partial charge in [-0.2, -0.15) is 4.98 Å². The van der Waals surface area contributed by atoms with Crippen molar-refractivity contribution in [2.75, 3.05) is 0 Å². The van der Waals surface area contributed by atoms with E-state index in [-0.39, 0.29) is 5.56 Å². The molecule has 0 fully saturated rings. The molecule has 8 nitrogen and oxygen atoms in total. The Morgan fingerprint density at radius 2 is 1.94 bits per heavy atom. The largest absolute Gasteiger partial charge is 0.472 e. The number of aromatic nitrogens is 6. The van der Waals surface area contributed by atoms with Gasteiger partial charge in [-0.1, -0.05) is 31.2 Å². The van der Waals surface area contributed by atoms with Gasteiger partial charge in [-0.3, -0.25) is 4.79 Å². The van der Waals surface area contributed by atoms with E-state index in [9.17, 15) is 4.79 Å². The lowest BCUT2D eigenvalue weighted by Gasteiger charge is -2.15. The predicted molar refractivity (Wildman–Crippen MR) is 123 cm³/mol. The summed E-state index contributed by atoms with van der Waals surface area (Å²) in [5, 5.41) is 14.5. The summed E-state index contributed by atoms with van der Waals surface area (Å²) in [5.74, 6) is 1.36. The van der Waals surface area contributed by atoms with Gasteiger partial charge in [0, 0.05) is 46.4 Å². The molecule has 2 aromatic heterocycles. The molecule has 0 saturated carbocycles. The molecule has 5 rings (SSSR count). The van der Waals surface area contributed by atoms with Crippen LogP contribution in [0.15, 0.2) is 68.8 Å². The molecule has 0 unspecified atom stereocenters. The maximum atomic E-state index is 11.9. The van der Waals surface area contributed by atoms with E-state index in [0.29, 0.717) is 12.4 Å². The lowest BCUT2D eigenvalue weighted by molar-refractivity contribution is 0.551. The Balaban J connectivity index is 1.75. The van der Waals surface area contributed by atoms with Gasteiger partial charge in [-0.05, 0) is 55.5 Å². The van der Waals surface area contributed by atoms with Crippen molar-refractivity contribution in [3.63, 3.8) is 0 Å². The van der Waals surface area contributed by atoms with Crippen LogP contribution in [0.1, 0.15) is 24.7 Å². The summed E-state index contributed by atoms with van der Waals surface area (Å²) >= 11 is 3.81. The minimum Gasteiger partial charge on any atom is -0.472 e. The predicted octanol–water partition coefficient (Wildman–Crippen LogP) is 4.55. The molecule has 3 heterocycles. The highest BCUT2D eigenvalue weighted by atomic mass is 79.9. The lowest BCUT2D eigenvalue weighted by Crippen LogP contribution is -2.17. The second-order valence-electron chi connectivity index (χ2n) is 7.41. The van der Waals surface area contributed by atoms with Crippen LogP contribution in [-0.2, 0) is 13.0 Å². The number of nitrogens with zero attached hydrogens (tertiary/aromatic N) is 5. The Hall–Kier alpha value is -3.59. The third-order valence-corrected chi connectivity index (χ3v) is 6.26. The average molecular weight is 491 g/mol. The van der Waals surface area contributed by atoms with Gasteiger partial charge in [0.2, 0.25) is 0 Å². The highest BCUT2D eigenvalue weighted by Crippen LogP contribution is 2.48. The van der Waals surface area contributed by atoms with Crippen molar-refractivity contribution in [1.82, 2.24) is 30.2 Å². The van der Waals surface area contributed by atoms with Gasteiger partial charge in [-0.15, -0.1) is 5.10 Å². The van der Waals surface area contributed by atoms with E-state index in [1.54, 1.807) is 12.5 Å². The molecule has 1 N–H and O–H groups in total. The first-order valence-electron chi connectivity index (χ1n) is 10.2. The number of rotatable bonds is 6. The number of hydrogen-bond donors (Lipinski definition) is 1. The molecule has 3 aromatic rings. The first kappa shape index (κ1) is 20.3. The monoisotopic (exact) mass is 490 g/mol. The van der Waals surface area contributed by atoms with Gasteiger partial charge >= 0.3 is 0 Å². The van der Waals surface area contributed by atoms with E-state index >= 15 is 0 Å². The SMILES string of the molecule is CCCc1nc(=O)ccn1Cc1c2ccocc-2c(Br)c1-c1ccccc1-c1nnn[nH]1. The van der Waals surface area contributed by atoms with Crippen LogP contribution in [0.5, 0.6) is 0 Å². The molecule has 0 bridgehead atoms. The van der Waals surface area contributed by atoms with Crippen LogP contribution in [0.3, 0.4) is 0 Å². The van der Waals surface area contributed by atoms with Gasteiger partial charge in [0.15, 0.2) is 5.82 Å². The zero-order valence-corrected chi connectivity index (χ0v) is 18.8. The molecule has 0 spiro atoms. The van der Waals surface area contributed by atoms with E-state index in [2.05, 4.69) is 48.5 Å². The third-order valence-electron chi connectivity index (χ3n) is 5.44. The van der Waals surface area contributed by atoms with Crippen LogP contribution in [0.2, 0.25) is 0 Å². The first-order valence-corrected chi connectivity index (χ1v) is 11.0. The summed E-state index contributed by atoms with van der Waals surface area (Å²) in [6, 6.07) is 11.4. The van der Waals surface area contributed by atoms with Crippen LogP contribution in [0.25, 0.3) is 33.6 Å². The maximum Gasteiger partial charge on any atom is 0.272 e. The number of halogens is 1. The van der Waals surface area contributed by atoms with Crippen molar-refractivity contribution in [3.8, 4) is 33.6 Å². The number of nitrogens with one attached hydrogen (secondary N) is 1. The summed E-state index contributed by atoms with van der Waals surface area (Å²) in [5.41, 5.74) is 5.79. The van der Waals surface area contributed by atoms with Crippen LogP contribution >= 0.6 is 15.9 Å². The average Bonchev–Trinajstić information content (AvgIpc) is 3.43. The van der Waals surface area contributed by atoms with Crippen LogP contribution in [0.4, 0.5) is 0 Å². The number of H-pyrrole nitrogens is 1. The summed E-state index contributed by atoms with van der Waals surface area (Å²) in [7, 11) is 0. The van der Waals surface area contributed by atoms with Gasteiger partial charge in [0.05, 0.1) is 12.5 Å². The standard InChI is InChI=1S/C23H19BrN6O2/c1-2-5-19-25-20(31)8-10-30(19)12-17-14-9-11-32-13-18(14)22(24)21(17)15-6-3-4-7-16(15)23-26-28-29-27-23/h3-4,6-11,13H,2,5,12H2,1H3,(H,26,27,28,29). The Morgan fingerprint density at radius 1 is 1.09 bits per heavy atom. The van der Waals surface area contributed by atoms with Crippen LogP contribution in [-0.4, -0.2) is 30.2 Å². The quantitative estimate of drug-likeness (QED) is 0.374. The molecule has 0 radical (unpaired) electrons. The Labute approximate surface area is 191 Å². The second-order valence-corrected chi connectivity index (χ2v) is 8.20. The number of aromatic amines is 1. The van der Waals surface area contributed by atoms with E-state index in [1.165, 1.54) is 6.07 Å². The van der Waals surface area contributed by atoms with E-state index in [1.807, 2.05) is 41.1 Å². The smallest absolute Gasteiger partial charge is 0.272 e. The molecule has 0 amide bonds. The minimum absolute atomic E-state index is 0.222. The normalized spacial score (nSPS) is 11.3. The van der Waals surface area contributed by atoms with Gasteiger partial charge < -0.3 is 8.98 Å². The zero-order chi connectivity index (χ0) is 22.1. The summed E-state index contributed by atoms with van der Waals surface area (Å²) in [6.07, 6.45) is 6.85. The fourth-order valence-electron chi connectivity index (χ4n) is 4.03. The molecule has 1 aliphatic carbocycles. The summed E-state index contributed by atoms with van der Waals surface area (Å²) < 4.78 is 8.45. The van der Waals surface area contributed by atoms with E-state index in [4.69, 9.17) is 4.42 Å². The highest BCUT2D eigenvalue weighted by Gasteiger charge is 2.26. The first-order chi connectivity index (χ1) is 15.7.